The number of nitrogens with one attached hydrogen (secondary N) is 2. The molecular weight excluding hydrogens is 324 g/mol. The van der Waals surface area contributed by atoms with Crippen molar-refractivity contribution in [1.29, 1.82) is 0 Å². The molecule has 0 aliphatic rings. The van der Waals surface area contributed by atoms with E-state index in [1.165, 1.54) is 6.26 Å². The molecule has 128 valence electrons. The molecule has 1 aromatic heterocycles. The second kappa shape index (κ2) is 8.59. The fraction of sp³-hybridized carbons (Fsp3) is 0.333. The first-order valence-electron chi connectivity index (χ1n) is 7.72. The van der Waals surface area contributed by atoms with E-state index >= 15 is 0 Å². The Morgan fingerprint density at radius 3 is 2.50 bits per heavy atom. The summed E-state index contributed by atoms with van der Waals surface area (Å²) >= 11 is 1.63. The lowest BCUT2D eigenvalue weighted by molar-refractivity contribution is -0.118. The summed E-state index contributed by atoms with van der Waals surface area (Å²) in [7, 11) is 0. The minimum atomic E-state index is -0.615. The fourth-order valence-corrected chi connectivity index (χ4v) is 2.89. The van der Waals surface area contributed by atoms with Gasteiger partial charge >= 0.3 is 0 Å². The van der Waals surface area contributed by atoms with Gasteiger partial charge in [-0.15, -0.1) is 0 Å². The molecule has 0 unspecified atom stereocenters. The number of hydrogen-bond donors (Lipinski definition) is 2. The van der Waals surface area contributed by atoms with Gasteiger partial charge in [0.2, 0.25) is 5.91 Å². The highest BCUT2D eigenvalue weighted by atomic mass is 32.2. The van der Waals surface area contributed by atoms with Crippen molar-refractivity contribution in [2.45, 2.75) is 26.3 Å². The van der Waals surface area contributed by atoms with Gasteiger partial charge in [-0.05, 0) is 67.7 Å². The second-order valence-electron chi connectivity index (χ2n) is 5.65. The maximum atomic E-state index is 12.6. The first-order chi connectivity index (χ1) is 11.5. The predicted octanol–water partition coefficient (Wildman–Crippen LogP) is 3.39. The van der Waals surface area contributed by atoms with E-state index in [9.17, 15) is 9.59 Å². The van der Waals surface area contributed by atoms with Crippen LogP contribution in [0.3, 0.4) is 0 Å². The number of thioether (sulfide) groups is 1. The van der Waals surface area contributed by atoms with Crippen LogP contribution in [-0.2, 0) is 4.79 Å². The van der Waals surface area contributed by atoms with E-state index < -0.39 is 6.04 Å². The molecule has 1 heterocycles. The summed E-state index contributed by atoms with van der Waals surface area (Å²) < 4.78 is 5.08. The van der Waals surface area contributed by atoms with Crippen molar-refractivity contribution >= 4 is 29.3 Å². The van der Waals surface area contributed by atoms with Crippen LogP contribution >= 0.6 is 11.8 Å². The highest BCUT2D eigenvalue weighted by Crippen LogP contribution is 2.15. The lowest BCUT2D eigenvalue weighted by Gasteiger charge is -2.18. The van der Waals surface area contributed by atoms with E-state index in [0.717, 1.165) is 22.6 Å². The van der Waals surface area contributed by atoms with Crippen LogP contribution in [0.25, 0.3) is 0 Å². The Bertz CT molecular complexity index is 678. The van der Waals surface area contributed by atoms with Gasteiger partial charge in [-0.2, -0.15) is 11.8 Å². The van der Waals surface area contributed by atoms with E-state index in [-0.39, 0.29) is 17.6 Å². The highest BCUT2D eigenvalue weighted by Gasteiger charge is 2.22. The molecule has 5 nitrogen and oxygen atoms in total. The minimum absolute atomic E-state index is 0.198. The van der Waals surface area contributed by atoms with Crippen LogP contribution in [0, 0.1) is 13.8 Å². The van der Waals surface area contributed by atoms with Gasteiger partial charge in [0, 0.05) is 5.69 Å². The van der Waals surface area contributed by atoms with Gasteiger partial charge < -0.3 is 15.1 Å². The summed E-state index contributed by atoms with van der Waals surface area (Å²) in [5.74, 6) is 0.350. The smallest absolute Gasteiger partial charge is 0.287 e. The van der Waals surface area contributed by atoms with Crippen LogP contribution in [0.1, 0.15) is 28.1 Å². The molecule has 6 heteroatoms. The van der Waals surface area contributed by atoms with Crippen molar-refractivity contribution in [3.63, 3.8) is 0 Å². The van der Waals surface area contributed by atoms with Crippen LogP contribution in [0.4, 0.5) is 5.69 Å². The van der Waals surface area contributed by atoms with E-state index in [0.29, 0.717) is 6.42 Å². The SMILES string of the molecule is CSCC[C@H](NC(=O)c1ccco1)C(=O)Nc1cc(C)cc(C)c1. The largest absolute Gasteiger partial charge is 0.459 e. The van der Waals surface area contributed by atoms with Crippen LogP contribution in [0.5, 0.6) is 0 Å². The van der Waals surface area contributed by atoms with Gasteiger partial charge in [0.15, 0.2) is 5.76 Å². The standard InChI is InChI=1S/C18H22N2O3S/c1-12-9-13(2)11-14(10-12)19-17(21)15(6-8-24-3)20-18(22)16-5-4-7-23-16/h4-5,7,9-11,15H,6,8H2,1-3H3,(H,19,21)(H,20,22)/t15-/m0/s1. The van der Waals surface area contributed by atoms with E-state index in [2.05, 4.69) is 10.6 Å². The first-order valence-corrected chi connectivity index (χ1v) is 9.11. The molecule has 0 saturated carbocycles. The molecule has 0 saturated heterocycles. The Hall–Kier alpha value is -2.21. The van der Waals surface area contributed by atoms with Crippen LogP contribution in [-0.4, -0.2) is 29.9 Å². The molecule has 0 bridgehead atoms. The molecule has 2 rings (SSSR count). The third-order valence-corrected chi connectivity index (χ3v) is 4.11. The van der Waals surface area contributed by atoms with E-state index in [4.69, 9.17) is 4.42 Å². The fourth-order valence-electron chi connectivity index (χ4n) is 2.42. The molecule has 1 aromatic carbocycles. The summed E-state index contributed by atoms with van der Waals surface area (Å²) in [5.41, 5.74) is 2.88. The van der Waals surface area contributed by atoms with Crippen molar-refractivity contribution in [3.05, 3.63) is 53.5 Å². The van der Waals surface area contributed by atoms with E-state index in [1.807, 2.05) is 38.3 Å². The Morgan fingerprint density at radius 2 is 1.92 bits per heavy atom. The number of anilines is 1. The van der Waals surface area contributed by atoms with Gasteiger partial charge in [0.1, 0.15) is 6.04 Å². The summed E-state index contributed by atoms with van der Waals surface area (Å²) in [5, 5.41) is 5.64. The molecule has 2 aromatic rings. The van der Waals surface area contributed by atoms with Gasteiger partial charge in [-0.3, -0.25) is 9.59 Å². The third kappa shape index (κ3) is 5.16. The monoisotopic (exact) mass is 346 g/mol. The zero-order valence-electron chi connectivity index (χ0n) is 14.1. The Morgan fingerprint density at radius 1 is 1.21 bits per heavy atom. The number of amides is 2. The number of benzene rings is 1. The molecule has 0 spiro atoms. The Labute approximate surface area is 146 Å². The van der Waals surface area contributed by atoms with Gasteiger partial charge in [0.25, 0.3) is 5.91 Å². The molecule has 0 radical (unpaired) electrons. The lowest BCUT2D eigenvalue weighted by atomic mass is 10.1. The number of rotatable bonds is 7. The maximum absolute atomic E-state index is 12.6. The quantitative estimate of drug-likeness (QED) is 0.806. The van der Waals surface area contributed by atoms with Gasteiger partial charge in [0.05, 0.1) is 6.26 Å². The second-order valence-corrected chi connectivity index (χ2v) is 6.64. The molecule has 24 heavy (non-hydrogen) atoms. The van der Waals surface area contributed by atoms with Gasteiger partial charge in [-0.1, -0.05) is 6.07 Å². The number of aryl methyl sites for hydroxylation is 2. The molecule has 2 N–H and O–H groups in total. The summed E-state index contributed by atoms with van der Waals surface area (Å²) in [6.07, 6.45) is 3.94. The Balaban J connectivity index is 2.08. The number of hydrogen-bond acceptors (Lipinski definition) is 4. The minimum Gasteiger partial charge on any atom is -0.459 e. The molecule has 1 atom stereocenters. The zero-order chi connectivity index (χ0) is 17.5. The lowest BCUT2D eigenvalue weighted by Crippen LogP contribution is -2.44. The van der Waals surface area contributed by atoms with Crippen LogP contribution in [0.2, 0.25) is 0 Å². The van der Waals surface area contributed by atoms with Crippen molar-refractivity contribution in [1.82, 2.24) is 5.32 Å². The maximum Gasteiger partial charge on any atom is 0.287 e. The Kier molecular flexibility index (Phi) is 6.49. The van der Waals surface area contributed by atoms with Crippen molar-refractivity contribution in [2.75, 3.05) is 17.3 Å². The topological polar surface area (TPSA) is 71.3 Å². The van der Waals surface area contributed by atoms with Crippen LogP contribution < -0.4 is 10.6 Å². The van der Waals surface area contributed by atoms with Crippen molar-refractivity contribution < 1.29 is 14.0 Å². The van der Waals surface area contributed by atoms with Crippen molar-refractivity contribution in [2.24, 2.45) is 0 Å². The summed E-state index contributed by atoms with van der Waals surface area (Å²) in [6, 6.07) is 8.45. The third-order valence-electron chi connectivity index (χ3n) is 3.47. The molecule has 0 aliphatic carbocycles. The molecule has 2 amide bonds. The molecule has 0 aliphatic heterocycles. The average molecular weight is 346 g/mol. The summed E-state index contributed by atoms with van der Waals surface area (Å²) in [4.78, 5) is 24.7. The predicted molar refractivity (Wildman–Crippen MR) is 97.5 cm³/mol. The zero-order valence-corrected chi connectivity index (χ0v) is 14.9. The normalized spacial score (nSPS) is 11.8. The van der Waals surface area contributed by atoms with Crippen molar-refractivity contribution in [3.8, 4) is 0 Å². The molecular formula is C18H22N2O3S. The summed E-state index contributed by atoms with van der Waals surface area (Å²) in [6.45, 7) is 3.96. The first kappa shape index (κ1) is 18.1. The average Bonchev–Trinajstić information content (AvgIpc) is 3.04. The van der Waals surface area contributed by atoms with Crippen LogP contribution in [0.15, 0.2) is 41.0 Å². The highest BCUT2D eigenvalue weighted by molar-refractivity contribution is 7.98. The number of furan rings is 1. The van der Waals surface area contributed by atoms with E-state index in [1.54, 1.807) is 23.9 Å². The molecule has 0 fully saturated rings. The number of carbonyl (C=O) groups is 2. The van der Waals surface area contributed by atoms with Gasteiger partial charge in [-0.25, -0.2) is 0 Å². The number of carbonyl (C=O) groups excluding carboxylic acids is 2.